The molecule has 3 aliphatic carbocycles. The predicted octanol–water partition coefficient (Wildman–Crippen LogP) is 3.49. The summed E-state index contributed by atoms with van der Waals surface area (Å²) in [6.07, 6.45) is 10.8. The molecule has 3 aliphatic rings. The summed E-state index contributed by atoms with van der Waals surface area (Å²) < 4.78 is 0. The van der Waals surface area contributed by atoms with Gasteiger partial charge in [-0.2, -0.15) is 0 Å². The van der Waals surface area contributed by atoms with Gasteiger partial charge in [-0.1, -0.05) is 22.4 Å². The van der Waals surface area contributed by atoms with E-state index in [9.17, 15) is 0 Å². The molecule has 0 aromatic carbocycles. The molecule has 3 saturated carbocycles. The maximum Gasteiger partial charge on any atom is 0.0156 e. The van der Waals surface area contributed by atoms with Gasteiger partial charge in [0.15, 0.2) is 0 Å². The molecule has 0 aliphatic heterocycles. The summed E-state index contributed by atoms with van der Waals surface area (Å²) in [6.45, 7) is 0. The molecule has 0 heterocycles. The van der Waals surface area contributed by atoms with Crippen LogP contribution in [0.5, 0.6) is 0 Å². The summed E-state index contributed by atoms with van der Waals surface area (Å²) in [5.41, 5.74) is 1.75. The first-order valence-corrected chi connectivity index (χ1v) is 5.78. The summed E-state index contributed by atoms with van der Waals surface area (Å²) in [6, 6.07) is 0. The van der Waals surface area contributed by atoms with Crippen LogP contribution < -0.4 is 0 Å². The highest BCUT2D eigenvalue weighted by molar-refractivity contribution is 9.09. The van der Waals surface area contributed by atoms with Gasteiger partial charge in [0.2, 0.25) is 0 Å². The zero-order valence-corrected chi connectivity index (χ0v) is 8.49. The van der Waals surface area contributed by atoms with Gasteiger partial charge in [0.1, 0.15) is 0 Å². The van der Waals surface area contributed by atoms with Crippen molar-refractivity contribution < 1.29 is 0 Å². The van der Waals surface area contributed by atoms with Gasteiger partial charge < -0.3 is 0 Å². The van der Waals surface area contributed by atoms with Crippen LogP contribution in [0.15, 0.2) is 0 Å². The Morgan fingerprint density at radius 3 is 2.00 bits per heavy atom. The largest absolute Gasteiger partial charge is 0.0890 e. The fourth-order valence-electron chi connectivity index (χ4n) is 3.74. The van der Waals surface area contributed by atoms with Crippen molar-refractivity contribution in [2.75, 3.05) is 0 Å². The Morgan fingerprint density at radius 2 is 1.64 bits per heavy atom. The molecule has 1 heteroatoms. The van der Waals surface area contributed by atoms with E-state index in [2.05, 4.69) is 15.9 Å². The minimum atomic E-state index is 0.856. The third-order valence-corrected chi connectivity index (χ3v) is 4.87. The number of hydrogen-bond acceptors (Lipinski definition) is 0. The third kappa shape index (κ3) is 0.811. The normalized spacial score (nSPS) is 37.9. The minimum Gasteiger partial charge on any atom is -0.0890 e. The summed E-state index contributed by atoms with van der Waals surface area (Å²) in [4.78, 5) is 0.875. The Hall–Kier alpha value is 0.480. The molecule has 0 amide bonds. The fourth-order valence-corrected chi connectivity index (χ4v) is 5.11. The summed E-state index contributed by atoms with van der Waals surface area (Å²) in [5, 5.41) is 0. The van der Waals surface area contributed by atoms with Crippen molar-refractivity contribution in [3.8, 4) is 0 Å². The maximum atomic E-state index is 3.69. The Balaban J connectivity index is 1.63. The van der Waals surface area contributed by atoms with Gasteiger partial charge in [0, 0.05) is 4.83 Å². The van der Waals surface area contributed by atoms with Crippen molar-refractivity contribution in [1.82, 2.24) is 0 Å². The van der Waals surface area contributed by atoms with Crippen LogP contribution in [0.3, 0.4) is 0 Å². The van der Waals surface area contributed by atoms with E-state index >= 15 is 0 Å². The molecule has 0 atom stereocenters. The van der Waals surface area contributed by atoms with E-state index in [0.29, 0.717) is 0 Å². The topological polar surface area (TPSA) is 0 Å². The predicted molar refractivity (Wildman–Crippen MR) is 49.9 cm³/mol. The zero-order valence-electron chi connectivity index (χ0n) is 6.91. The van der Waals surface area contributed by atoms with E-state index < -0.39 is 0 Å². The van der Waals surface area contributed by atoms with Gasteiger partial charge in [-0.25, -0.2) is 0 Å². The molecular weight excluding hydrogens is 200 g/mol. The first-order chi connectivity index (χ1) is 5.22. The smallest absolute Gasteiger partial charge is 0.0156 e. The standard InChI is InChI=1S/C10H15Br/c11-8-4-10(5-8)6-9(7-10)2-1-3-9/h8H,1-7H2. The molecule has 0 aromatic heterocycles. The first-order valence-electron chi connectivity index (χ1n) is 4.86. The number of alkyl halides is 1. The Kier molecular flexibility index (Phi) is 1.18. The molecule has 11 heavy (non-hydrogen) atoms. The second kappa shape index (κ2) is 1.86. The van der Waals surface area contributed by atoms with Crippen molar-refractivity contribution in [2.24, 2.45) is 10.8 Å². The lowest BCUT2D eigenvalue weighted by atomic mass is 9.40. The van der Waals surface area contributed by atoms with Gasteiger partial charge in [-0.3, -0.25) is 0 Å². The van der Waals surface area contributed by atoms with E-state index in [1.807, 2.05) is 0 Å². The summed E-state index contributed by atoms with van der Waals surface area (Å²) >= 11 is 3.69. The van der Waals surface area contributed by atoms with Crippen LogP contribution in [-0.2, 0) is 0 Å². The molecule has 0 bridgehead atoms. The lowest BCUT2D eigenvalue weighted by molar-refractivity contribution is -0.135. The van der Waals surface area contributed by atoms with Crippen LogP contribution in [-0.4, -0.2) is 4.83 Å². The SMILES string of the molecule is BrC1CC2(C1)CC1(CCC1)C2. The fraction of sp³-hybridized carbons (Fsp3) is 1.00. The van der Waals surface area contributed by atoms with E-state index in [-0.39, 0.29) is 0 Å². The van der Waals surface area contributed by atoms with Gasteiger partial charge in [0.05, 0.1) is 0 Å². The van der Waals surface area contributed by atoms with Crippen molar-refractivity contribution in [2.45, 2.75) is 49.8 Å². The zero-order chi connectivity index (χ0) is 7.53. The first kappa shape index (κ1) is 6.94. The highest BCUT2D eigenvalue weighted by atomic mass is 79.9. The summed E-state index contributed by atoms with van der Waals surface area (Å²) in [7, 11) is 0. The van der Waals surface area contributed by atoms with Crippen molar-refractivity contribution in [3.63, 3.8) is 0 Å². The lowest BCUT2D eigenvalue weighted by Gasteiger charge is -2.66. The average molecular weight is 215 g/mol. The molecule has 2 spiro atoms. The molecule has 62 valence electrons. The van der Waals surface area contributed by atoms with Gasteiger partial charge in [0.25, 0.3) is 0 Å². The molecule has 0 nitrogen and oxygen atoms in total. The molecule has 0 N–H and O–H groups in total. The quantitative estimate of drug-likeness (QED) is 0.542. The molecule has 0 aromatic rings. The number of hydrogen-bond donors (Lipinski definition) is 0. The average Bonchev–Trinajstić information content (AvgIpc) is 1.69. The Bertz CT molecular complexity index is 177. The molecule has 0 radical (unpaired) electrons. The van der Waals surface area contributed by atoms with E-state index in [1.165, 1.54) is 19.3 Å². The second-order valence-corrected chi connectivity index (χ2v) is 6.51. The van der Waals surface area contributed by atoms with Crippen LogP contribution in [0, 0.1) is 10.8 Å². The maximum absolute atomic E-state index is 3.69. The van der Waals surface area contributed by atoms with Crippen LogP contribution in [0.4, 0.5) is 0 Å². The van der Waals surface area contributed by atoms with Gasteiger partial charge in [-0.05, 0) is 49.4 Å². The van der Waals surface area contributed by atoms with Gasteiger partial charge in [-0.15, -0.1) is 0 Å². The number of halogens is 1. The molecule has 3 rings (SSSR count). The molecule has 3 fully saturated rings. The highest BCUT2D eigenvalue weighted by Crippen LogP contribution is 2.71. The van der Waals surface area contributed by atoms with Crippen LogP contribution in [0.25, 0.3) is 0 Å². The monoisotopic (exact) mass is 214 g/mol. The lowest BCUT2D eigenvalue weighted by Crippen LogP contribution is -2.56. The summed E-state index contributed by atoms with van der Waals surface area (Å²) in [5.74, 6) is 0. The van der Waals surface area contributed by atoms with Crippen molar-refractivity contribution in [3.05, 3.63) is 0 Å². The van der Waals surface area contributed by atoms with Crippen molar-refractivity contribution in [1.29, 1.82) is 0 Å². The second-order valence-electron chi connectivity index (χ2n) is 5.21. The van der Waals surface area contributed by atoms with Crippen LogP contribution in [0.1, 0.15) is 44.9 Å². The van der Waals surface area contributed by atoms with Crippen molar-refractivity contribution >= 4 is 15.9 Å². The Labute approximate surface area is 76.9 Å². The Morgan fingerprint density at radius 1 is 1.00 bits per heavy atom. The van der Waals surface area contributed by atoms with Crippen LogP contribution in [0.2, 0.25) is 0 Å². The minimum absolute atomic E-state index is 0.856. The molecular formula is C10H15Br. The third-order valence-electron chi connectivity index (χ3n) is 4.22. The number of rotatable bonds is 0. The molecule has 0 saturated heterocycles. The van der Waals surface area contributed by atoms with Gasteiger partial charge >= 0.3 is 0 Å². The van der Waals surface area contributed by atoms with E-state index in [1.54, 1.807) is 25.7 Å². The van der Waals surface area contributed by atoms with E-state index in [0.717, 1.165) is 15.7 Å². The van der Waals surface area contributed by atoms with Crippen LogP contribution >= 0.6 is 15.9 Å². The highest BCUT2D eigenvalue weighted by Gasteiger charge is 2.60. The molecule has 0 unspecified atom stereocenters. The van der Waals surface area contributed by atoms with E-state index in [4.69, 9.17) is 0 Å².